The molecule has 0 aromatic heterocycles. The lowest BCUT2D eigenvalue weighted by atomic mass is 10.1. The van der Waals surface area contributed by atoms with E-state index in [9.17, 15) is 22.4 Å². The smallest absolute Gasteiger partial charge is 0.340 e. The molecule has 0 heterocycles. The number of sulfonamides is 1. The van der Waals surface area contributed by atoms with E-state index >= 15 is 0 Å². The van der Waals surface area contributed by atoms with Crippen molar-refractivity contribution < 1.29 is 27.1 Å². The third-order valence-electron chi connectivity index (χ3n) is 4.26. The zero-order valence-corrected chi connectivity index (χ0v) is 18.3. The molecule has 0 radical (unpaired) electrons. The number of para-hydroxylation sites is 1. The molecule has 2 N–H and O–H groups in total. The van der Waals surface area contributed by atoms with Gasteiger partial charge >= 0.3 is 5.97 Å². The van der Waals surface area contributed by atoms with Gasteiger partial charge in [0.05, 0.1) is 33.3 Å². The molecule has 10 heteroatoms. The maximum atomic E-state index is 13.1. The lowest BCUT2D eigenvalue weighted by molar-refractivity contribution is 0.0527. The molecule has 0 aliphatic heterocycles. The van der Waals surface area contributed by atoms with Crippen LogP contribution in [-0.4, -0.2) is 26.9 Å². The first-order valence-corrected chi connectivity index (χ1v) is 11.2. The van der Waals surface area contributed by atoms with Crippen LogP contribution in [0.2, 0.25) is 5.02 Å². The number of hydrogen-bond acceptors (Lipinski definition) is 5. The van der Waals surface area contributed by atoms with Crippen molar-refractivity contribution in [1.82, 2.24) is 0 Å². The molecule has 0 spiro atoms. The summed E-state index contributed by atoms with van der Waals surface area (Å²) in [5.74, 6) is -1.85. The SMILES string of the molecule is CCOC(=O)c1ccccc1NC(=O)c1cc(S(=O)(=O)Nc2ccc(F)cc2)ccc1Cl. The first-order valence-electron chi connectivity index (χ1n) is 9.36. The van der Waals surface area contributed by atoms with Gasteiger partial charge in [-0.15, -0.1) is 0 Å². The summed E-state index contributed by atoms with van der Waals surface area (Å²) in [5.41, 5.74) is 0.355. The molecule has 0 unspecified atom stereocenters. The van der Waals surface area contributed by atoms with Crippen molar-refractivity contribution in [3.05, 3.63) is 88.7 Å². The van der Waals surface area contributed by atoms with Gasteiger partial charge in [0.15, 0.2) is 0 Å². The number of anilines is 2. The summed E-state index contributed by atoms with van der Waals surface area (Å²) in [6.45, 7) is 1.82. The van der Waals surface area contributed by atoms with Crippen LogP contribution in [-0.2, 0) is 14.8 Å². The van der Waals surface area contributed by atoms with E-state index in [0.717, 1.165) is 18.2 Å². The van der Waals surface area contributed by atoms with Gasteiger partial charge in [0, 0.05) is 5.69 Å². The van der Waals surface area contributed by atoms with E-state index in [1.165, 1.54) is 36.4 Å². The topological polar surface area (TPSA) is 102 Å². The number of carbonyl (C=O) groups is 2. The van der Waals surface area contributed by atoms with Crippen LogP contribution in [0.1, 0.15) is 27.6 Å². The van der Waals surface area contributed by atoms with Crippen LogP contribution in [0.5, 0.6) is 0 Å². The molecular formula is C22H18ClFN2O5S. The average Bonchev–Trinajstić information content (AvgIpc) is 2.76. The average molecular weight is 477 g/mol. The highest BCUT2D eigenvalue weighted by Gasteiger charge is 2.21. The van der Waals surface area contributed by atoms with Gasteiger partial charge in [-0.05, 0) is 61.5 Å². The first-order chi connectivity index (χ1) is 15.2. The van der Waals surface area contributed by atoms with Crippen LogP contribution < -0.4 is 10.0 Å². The summed E-state index contributed by atoms with van der Waals surface area (Å²) in [7, 11) is -4.09. The number of ether oxygens (including phenoxy) is 1. The summed E-state index contributed by atoms with van der Waals surface area (Å²) >= 11 is 6.13. The minimum atomic E-state index is -4.09. The highest BCUT2D eigenvalue weighted by atomic mass is 35.5. The molecule has 0 aliphatic carbocycles. The van der Waals surface area contributed by atoms with E-state index < -0.39 is 27.7 Å². The number of halogens is 2. The number of nitrogens with one attached hydrogen (secondary N) is 2. The molecule has 3 aromatic rings. The summed E-state index contributed by atoms with van der Waals surface area (Å²) in [6.07, 6.45) is 0. The van der Waals surface area contributed by atoms with Gasteiger partial charge in [-0.1, -0.05) is 23.7 Å². The van der Waals surface area contributed by atoms with E-state index in [4.69, 9.17) is 16.3 Å². The van der Waals surface area contributed by atoms with Gasteiger partial charge < -0.3 is 10.1 Å². The highest BCUT2D eigenvalue weighted by Crippen LogP contribution is 2.25. The molecule has 0 atom stereocenters. The second kappa shape index (κ2) is 9.80. The van der Waals surface area contributed by atoms with E-state index in [2.05, 4.69) is 10.0 Å². The van der Waals surface area contributed by atoms with Crippen LogP contribution in [0, 0.1) is 5.82 Å². The number of benzene rings is 3. The molecule has 0 aliphatic rings. The lowest BCUT2D eigenvalue weighted by Gasteiger charge is -2.13. The van der Waals surface area contributed by atoms with Crippen LogP contribution in [0.15, 0.2) is 71.6 Å². The molecule has 0 saturated heterocycles. The molecule has 7 nitrogen and oxygen atoms in total. The summed E-state index contributed by atoms with van der Waals surface area (Å²) < 4.78 is 45.8. The Morgan fingerprint density at radius 1 is 1.00 bits per heavy atom. The van der Waals surface area contributed by atoms with Crippen LogP contribution >= 0.6 is 11.6 Å². The van der Waals surface area contributed by atoms with Crippen molar-refractivity contribution in [2.45, 2.75) is 11.8 Å². The zero-order chi connectivity index (χ0) is 23.3. The predicted molar refractivity (Wildman–Crippen MR) is 119 cm³/mol. The van der Waals surface area contributed by atoms with Crippen LogP contribution in [0.25, 0.3) is 0 Å². The minimum absolute atomic E-state index is 0.0110. The quantitative estimate of drug-likeness (QED) is 0.481. The second-order valence-corrected chi connectivity index (χ2v) is 8.56. The fourth-order valence-corrected chi connectivity index (χ4v) is 4.03. The van der Waals surface area contributed by atoms with E-state index in [1.54, 1.807) is 19.1 Å². The van der Waals surface area contributed by atoms with E-state index in [0.29, 0.717) is 0 Å². The minimum Gasteiger partial charge on any atom is -0.462 e. The fraction of sp³-hybridized carbons (Fsp3) is 0.0909. The number of hydrogen-bond donors (Lipinski definition) is 2. The molecule has 0 fully saturated rings. The molecule has 0 saturated carbocycles. The predicted octanol–water partition coefficient (Wildman–Crippen LogP) is 4.71. The Labute approximate surface area is 189 Å². The number of rotatable bonds is 7. The Balaban J connectivity index is 1.88. The molecule has 166 valence electrons. The van der Waals surface area contributed by atoms with Crippen LogP contribution in [0.3, 0.4) is 0 Å². The van der Waals surface area contributed by atoms with Gasteiger partial charge in [-0.2, -0.15) is 0 Å². The Morgan fingerprint density at radius 3 is 2.38 bits per heavy atom. The Morgan fingerprint density at radius 2 is 1.69 bits per heavy atom. The van der Waals surface area contributed by atoms with Crippen LogP contribution in [0.4, 0.5) is 15.8 Å². The molecule has 3 aromatic carbocycles. The maximum absolute atomic E-state index is 13.1. The van der Waals surface area contributed by atoms with Gasteiger partial charge in [-0.25, -0.2) is 17.6 Å². The van der Waals surface area contributed by atoms with Crippen molar-refractivity contribution >= 4 is 44.9 Å². The van der Waals surface area contributed by atoms with Crippen molar-refractivity contribution in [1.29, 1.82) is 0 Å². The molecular weight excluding hydrogens is 459 g/mol. The van der Waals surface area contributed by atoms with Crippen molar-refractivity contribution in [2.75, 3.05) is 16.6 Å². The summed E-state index contributed by atoms with van der Waals surface area (Å²) in [6, 6.07) is 14.6. The van der Waals surface area contributed by atoms with Crippen molar-refractivity contribution in [3.8, 4) is 0 Å². The normalized spacial score (nSPS) is 11.0. The second-order valence-electron chi connectivity index (χ2n) is 6.47. The van der Waals surface area contributed by atoms with Crippen molar-refractivity contribution in [2.24, 2.45) is 0 Å². The highest BCUT2D eigenvalue weighted by molar-refractivity contribution is 7.92. The third kappa shape index (κ3) is 5.43. The van der Waals surface area contributed by atoms with Gasteiger partial charge in [0.25, 0.3) is 15.9 Å². The Kier molecular flexibility index (Phi) is 7.12. The number of carbonyl (C=O) groups excluding carboxylic acids is 2. The van der Waals surface area contributed by atoms with E-state index in [-0.39, 0.29) is 39.0 Å². The van der Waals surface area contributed by atoms with E-state index in [1.807, 2.05) is 0 Å². The Bertz CT molecular complexity index is 1260. The molecule has 1 amide bonds. The Hall–Kier alpha value is -3.43. The number of amides is 1. The number of esters is 1. The van der Waals surface area contributed by atoms with Crippen molar-refractivity contribution in [3.63, 3.8) is 0 Å². The molecule has 0 bridgehead atoms. The lowest BCUT2D eigenvalue weighted by Crippen LogP contribution is -2.18. The maximum Gasteiger partial charge on any atom is 0.340 e. The summed E-state index contributed by atoms with van der Waals surface area (Å²) in [5, 5.41) is 2.57. The van der Waals surface area contributed by atoms with Gasteiger partial charge in [-0.3, -0.25) is 9.52 Å². The molecule has 32 heavy (non-hydrogen) atoms. The van der Waals surface area contributed by atoms with Gasteiger partial charge in [0.2, 0.25) is 0 Å². The standard InChI is InChI=1S/C22H18ClFN2O5S/c1-2-31-22(28)17-5-3-4-6-20(17)25-21(27)18-13-16(11-12-19(18)23)32(29,30)26-15-9-7-14(24)8-10-15/h3-13,26H,2H2,1H3,(H,25,27). The molecule has 3 rings (SSSR count). The first kappa shape index (κ1) is 23.2. The largest absolute Gasteiger partial charge is 0.462 e. The zero-order valence-electron chi connectivity index (χ0n) is 16.8. The van der Waals surface area contributed by atoms with Gasteiger partial charge in [0.1, 0.15) is 5.82 Å². The fourth-order valence-electron chi connectivity index (χ4n) is 2.75. The third-order valence-corrected chi connectivity index (χ3v) is 5.97. The monoisotopic (exact) mass is 476 g/mol. The summed E-state index contributed by atoms with van der Waals surface area (Å²) in [4.78, 5) is 24.7.